The summed E-state index contributed by atoms with van der Waals surface area (Å²) in [7, 11) is 1.40. The highest BCUT2D eigenvalue weighted by Crippen LogP contribution is 2.29. The molecule has 10 heteroatoms. The van der Waals surface area contributed by atoms with E-state index in [4.69, 9.17) is 4.74 Å². The molecule has 2 rings (SSSR count). The number of H-pyrrole nitrogens is 1. The number of anilines is 1. The first-order chi connectivity index (χ1) is 12.3. The molecule has 1 aromatic heterocycles. The summed E-state index contributed by atoms with van der Waals surface area (Å²) in [6, 6.07) is 5.56. The Kier molecular flexibility index (Phi) is 6.34. The van der Waals surface area contributed by atoms with Gasteiger partial charge in [-0.2, -0.15) is 0 Å². The minimum Gasteiger partial charge on any atom is -0.496 e. The third-order valence-electron chi connectivity index (χ3n) is 3.35. The molecule has 0 spiro atoms. The number of benzene rings is 1. The largest absolute Gasteiger partial charge is 0.496 e. The molecule has 0 radical (unpaired) electrons. The summed E-state index contributed by atoms with van der Waals surface area (Å²) in [6.07, 6.45) is 0. The molecule has 2 aromatic rings. The maximum atomic E-state index is 12.1. The molecule has 0 aliphatic heterocycles. The number of ether oxygens (including phenoxy) is 1. The van der Waals surface area contributed by atoms with Gasteiger partial charge in [-0.15, -0.1) is 0 Å². The van der Waals surface area contributed by atoms with Gasteiger partial charge >= 0.3 is 0 Å². The lowest BCUT2D eigenvalue weighted by Crippen LogP contribution is -2.16. The Bertz CT molecular complexity index is 881. The van der Waals surface area contributed by atoms with E-state index in [2.05, 4.69) is 15.3 Å². The normalized spacial score (nSPS) is 10.6. The van der Waals surface area contributed by atoms with Crippen molar-refractivity contribution in [2.75, 3.05) is 18.2 Å². The number of nitro benzene ring substituents is 1. The van der Waals surface area contributed by atoms with Gasteiger partial charge in [0.25, 0.3) is 11.2 Å². The van der Waals surface area contributed by atoms with E-state index in [0.29, 0.717) is 16.6 Å². The number of nitrogens with zero attached hydrogens (tertiary/aromatic N) is 2. The fourth-order valence-corrected chi connectivity index (χ4v) is 2.72. The smallest absolute Gasteiger partial charge is 0.296 e. The molecule has 0 bridgehead atoms. The highest BCUT2D eigenvalue weighted by atomic mass is 32.2. The maximum Gasteiger partial charge on any atom is 0.296 e. The zero-order chi connectivity index (χ0) is 19.3. The average molecular weight is 378 g/mol. The van der Waals surface area contributed by atoms with Crippen molar-refractivity contribution < 1.29 is 14.5 Å². The Morgan fingerprint density at radius 1 is 1.42 bits per heavy atom. The van der Waals surface area contributed by atoms with Gasteiger partial charge < -0.3 is 15.0 Å². The van der Waals surface area contributed by atoms with Crippen LogP contribution in [0, 0.1) is 10.1 Å². The molecule has 0 aliphatic carbocycles. The van der Waals surface area contributed by atoms with Crippen LogP contribution in [-0.4, -0.2) is 33.7 Å². The van der Waals surface area contributed by atoms with E-state index in [1.54, 1.807) is 0 Å². The third-order valence-corrected chi connectivity index (χ3v) is 4.22. The Balaban J connectivity index is 2.08. The van der Waals surface area contributed by atoms with Crippen molar-refractivity contribution in [1.82, 2.24) is 9.97 Å². The first kappa shape index (κ1) is 19.4. The lowest BCUT2D eigenvalue weighted by atomic mass is 10.1. The number of aromatic nitrogens is 2. The molecule has 0 saturated carbocycles. The van der Waals surface area contributed by atoms with Crippen molar-refractivity contribution >= 4 is 29.0 Å². The fraction of sp³-hybridized carbons (Fsp3) is 0.312. The van der Waals surface area contributed by atoms with Crippen LogP contribution in [0.2, 0.25) is 0 Å². The topological polar surface area (TPSA) is 127 Å². The molecule has 0 saturated heterocycles. The van der Waals surface area contributed by atoms with Gasteiger partial charge in [0, 0.05) is 6.07 Å². The van der Waals surface area contributed by atoms with E-state index in [-0.39, 0.29) is 28.6 Å². The van der Waals surface area contributed by atoms with Crippen LogP contribution in [0.3, 0.4) is 0 Å². The molecule has 1 amide bonds. The number of rotatable bonds is 7. The Labute approximate surface area is 153 Å². The molecule has 138 valence electrons. The molecule has 0 aliphatic rings. The highest BCUT2D eigenvalue weighted by molar-refractivity contribution is 7.99. The molecular weight excluding hydrogens is 360 g/mol. The number of carbonyl (C=O) groups excluding carboxylic acids is 1. The van der Waals surface area contributed by atoms with E-state index >= 15 is 0 Å². The monoisotopic (exact) mass is 378 g/mol. The van der Waals surface area contributed by atoms with Crippen LogP contribution in [0.1, 0.15) is 25.5 Å². The van der Waals surface area contributed by atoms with Crippen LogP contribution in [0.5, 0.6) is 5.75 Å². The summed E-state index contributed by atoms with van der Waals surface area (Å²) in [5.74, 6) is -0.127. The van der Waals surface area contributed by atoms with Gasteiger partial charge in [-0.05, 0) is 18.1 Å². The van der Waals surface area contributed by atoms with Crippen LogP contribution in [0.15, 0.2) is 34.2 Å². The van der Waals surface area contributed by atoms with Crippen molar-refractivity contribution in [2.45, 2.75) is 24.9 Å². The summed E-state index contributed by atoms with van der Waals surface area (Å²) in [4.78, 5) is 41.1. The van der Waals surface area contributed by atoms with E-state index in [1.807, 2.05) is 13.8 Å². The Hall–Kier alpha value is -2.88. The van der Waals surface area contributed by atoms with Crippen LogP contribution >= 0.6 is 11.8 Å². The second-order valence-corrected chi connectivity index (χ2v) is 6.57. The first-order valence-corrected chi connectivity index (χ1v) is 8.65. The summed E-state index contributed by atoms with van der Waals surface area (Å²) in [5.41, 5.74) is 0.134. The first-order valence-electron chi connectivity index (χ1n) is 7.66. The predicted molar refractivity (Wildman–Crippen MR) is 97.9 cm³/mol. The lowest BCUT2D eigenvalue weighted by molar-refractivity contribution is -0.384. The van der Waals surface area contributed by atoms with Crippen molar-refractivity contribution in [3.8, 4) is 5.75 Å². The number of hydrogen-bond donors (Lipinski definition) is 2. The molecule has 1 heterocycles. The number of methoxy groups -OCH3 is 1. The van der Waals surface area contributed by atoms with Gasteiger partial charge in [0.15, 0.2) is 5.16 Å². The molecule has 0 fully saturated rings. The van der Waals surface area contributed by atoms with Gasteiger partial charge in [0.1, 0.15) is 11.4 Å². The van der Waals surface area contributed by atoms with E-state index in [9.17, 15) is 19.7 Å². The number of amides is 1. The van der Waals surface area contributed by atoms with Gasteiger partial charge in [0.2, 0.25) is 5.91 Å². The predicted octanol–water partition coefficient (Wildman–Crippen LogP) is 2.54. The number of aromatic amines is 1. The van der Waals surface area contributed by atoms with Crippen molar-refractivity contribution in [2.24, 2.45) is 0 Å². The highest BCUT2D eigenvalue weighted by Gasteiger charge is 2.17. The number of hydrogen-bond acceptors (Lipinski definition) is 7. The lowest BCUT2D eigenvalue weighted by Gasteiger charge is -2.08. The van der Waals surface area contributed by atoms with Crippen LogP contribution < -0.4 is 15.6 Å². The summed E-state index contributed by atoms with van der Waals surface area (Å²) in [6.45, 7) is 3.82. The second-order valence-electron chi connectivity index (χ2n) is 5.61. The molecule has 9 nitrogen and oxygen atoms in total. The van der Waals surface area contributed by atoms with E-state index in [0.717, 1.165) is 11.8 Å². The van der Waals surface area contributed by atoms with E-state index < -0.39 is 10.8 Å². The molecular formula is C16H18N4O5S. The molecule has 1 aromatic carbocycles. The zero-order valence-electron chi connectivity index (χ0n) is 14.4. The van der Waals surface area contributed by atoms with Gasteiger partial charge in [-0.1, -0.05) is 25.6 Å². The molecule has 0 atom stereocenters. The van der Waals surface area contributed by atoms with Crippen molar-refractivity contribution in [3.63, 3.8) is 0 Å². The van der Waals surface area contributed by atoms with Gasteiger partial charge in [-0.25, -0.2) is 4.98 Å². The standard InChI is InChI=1S/C16H18N4O5S/c1-9(2)12-7-14(21)19-16(18-12)26-8-15(22)17-11-5-4-10(25-3)6-13(11)20(23)24/h4-7,9H,8H2,1-3H3,(H,17,22)(H,18,19,21). The summed E-state index contributed by atoms with van der Waals surface area (Å²) >= 11 is 1.04. The number of nitrogens with one attached hydrogen (secondary N) is 2. The maximum absolute atomic E-state index is 12.1. The molecule has 0 unspecified atom stereocenters. The van der Waals surface area contributed by atoms with Crippen LogP contribution in [0.25, 0.3) is 0 Å². The quantitative estimate of drug-likeness (QED) is 0.328. The molecule has 2 N–H and O–H groups in total. The fourth-order valence-electron chi connectivity index (χ4n) is 2.03. The Morgan fingerprint density at radius 2 is 2.15 bits per heavy atom. The van der Waals surface area contributed by atoms with Crippen LogP contribution in [0.4, 0.5) is 11.4 Å². The zero-order valence-corrected chi connectivity index (χ0v) is 15.3. The van der Waals surface area contributed by atoms with Crippen molar-refractivity contribution in [1.29, 1.82) is 0 Å². The number of nitro groups is 1. The van der Waals surface area contributed by atoms with Gasteiger partial charge in [-0.3, -0.25) is 19.7 Å². The average Bonchev–Trinajstić information content (AvgIpc) is 2.59. The third kappa shape index (κ3) is 5.06. The Morgan fingerprint density at radius 3 is 2.77 bits per heavy atom. The van der Waals surface area contributed by atoms with Gasteiger partial charge in [0.05, 0.1) is 29.5 Å². The van der Waals surface area contributed by atoms with Crippen LogP contribution in [-0.2, 0) is 4.79 Å². The number of thioether (sulfide) groups is 1. The molecule has 26 heavy (non-hydrogen) atoms. The summed E-state index contributed by atoms with van der Waals surface area (Å²) in [5, 5.41) is 13.9. The number of carbonyl (C=O) groups is 1. The minimum absolute atomic E-state index is 0.0618. The minimum atomic E-state index is -0.601. The summed E-state index contributed by atoms with van der Waals surface area (Å²) < 4.78 is 4.95. The van der Waals surface area contributed by atoms with E-state index in [1.165, 1.54) is 31.4 Å². The SMILES string of the molecule is COc1ccc(NC(=O)CSc2nc(C(C)C)cc(=O)[nH]2)c([N+](=O)[O-])c1. The second kappa shape index (κ2) is 8.48. The van der Waals surface area contributed by atoms with Crippen molar-refractivity contribution in [3.05, 3.63) is 50.4 Å².